The molecule has 7 nitrogen and oxygen atoms in total. The van der Waals surface area contributed by atoms with Crippen LogP contribution in [0.4, 0.5) is 5.95 Å². The SMILES string of the molecule is CCn1nc(C)c2nc(N)n(C(C)C(=O)NC(C)C)c21. The van der Waals surface area contributed by atoms with Crippen molar-refractivity contribution in [2.75, 3.05) is 5.73 Å². The Labute approximate surface area is 118 Å². The van der Waals surface area contributed by atoms with Crippen molar-refractivity contribution < 1.29 is 4.79 Å². The number of nitrogens with one attached hydrogen (secondary N) is 1. The molecule has 2 rings (SSSR count). The van der Waals surface area contributed by atoms with Crippen LogP contribution < -0.4 is 11.1 Å². The summed E-state index contributed by atoms with van der Waals surface area (Å²) < 4.78 is 3.57. The van der Waals surface area contributed by atoms with Gasteiger partial charge >= 0.3 is 0 Å². The number of aromatic nitrogens is 4. The molecule has 0 aromatic carbocycles. The van der Waals surface area contributed by atoms with Crippen molar-refractivity contribution in [2.24, 2.45) is 0 Å². The molecule has 1 unspecified atom stereocenters. The summed E-state index contributed by atoms with van der Waals surface area (Å²) in [6.07, 6.45) is 0. The van der Waals surface area contributed by atoms with Crippen molar-refractivity contribution in [1.82, 2.24) is 24.6 Å². The molecule has 2 aromatic rings. The van der Waals surface area contributed by atoms with E-state index in [4.69, 9.17) is 5.73 Å². The second-order valence-corrected chi connectivity index (χ2v) is 5.25. The molecule has 0 aliphatic carbocycles. The third-order valence-corrected chi connectivity index (χ3v) is 3.27. The average Bonchev–Trinajstić information content (AvgIpc) is 2.85. The summed E-state index contributed by atoms with van der Waals surface area (Å²) in [5.74, 6) is 0.265. The maximum Gasteiger partial charge on any atom is 0.243 e. The average molecular weight is 278 g/mol. The molecular weight excluding hydrogens is 256 g/mol. The largest absolute Gasteiger partial charge is 0.369 e. The van der Waals surface area contributed by atoms with Crippen LogP contribution in [-0.2, 0) is 11.3 Å². The lowest BCUT2D eigenvalue weighted by atomic mass is 10.2. The van der Waals surface area contributed by atoms with Gasteiger partial charge in [-0.3, -0.25) is 9.36 Å². The van der Waals surface area contributed by atoms with Gasteiger partial charge in [0.2, 0.25) is 11.9 Å². The number of nitrogens with zero attached hydrogens (tertiary/aromatic N) is 4. The fourth-order valence-corrected chi connectivity index (χ4v) is 2.33. The van der Waals surface area contributed by atoms with Gasteiger partial charge in [-0.2, -0.15) is 5.10 Å². The Morgan fingerprint density at radius 2 is 2.05 bits per heavy atom. The molecule has 2 aromatic heterocycles. The van der Waals surface area contributed by atoms with Crippen LogP contribution in [0.15, 0.2) is 0 Å². The lowest BCUT2D eigenvalue weighted by molar-refractivity contribution is -0.124. The number of nitrogen functional groups attached to an aromatic ring is 1. The van der Waals surface area contributed by atoms with E-state index in [1.807, 2.05) is 39.3 Å². The Morgan fingerprint density at radius 1 is 1.40 bits per heavy atom. The van der Waals surface area contributed by atoms with E-state index in [1.54, 1.807) is 4.57 Å². The fraction of sp³-hybridized carbons (Fsp3) is 0.615. The van der Waals surface area contributed by atoms with Crippen LogP contribution in [0.2, 0.25) is 0 Å². The molecule has 7 heteroatoms. The van der Waals surface area contributed by atoms with Crippen LogP contribution in [0, 0.1) is 6.92 Å². The first kappa shape index (κ1) is 14.4. The summed E-state index contributed by atoms with van der Waals surface area (Å²) in [7, 11) is 0. The smallest absolute Gasteiger partial charge is 0.243 e. The second-order valence-electron chi connectivity index (χ2n) is 5.25. The van der Waals surface area contributed by atoms with E-state index in [-0.39, 0.29) is 11.9 Å². The van der Waals surface area contributed by atoms with Crippen LogP contribution in [0.5, 0.6) is 0 Å². The van der Waals surface area contributed by atoms with Crippen LogP contribution in [0.25, 0.3) is 11.2 Å². The summed E-state index contributed by atoms with van der Waals surface area (Å²) >= 11 is 0. The predicted octanol–water partition coefficient (Wildman–Crippen LogP) is 1.23. The molecular formula is C13H22N6O. The third kappa shape index (κ3) is 2.23. The highest BCUT2D eigenvalue weighted by Gasteiger charge is 2.24. The minimum absolute atomic E-state index is 0.0764. The highest BCUT2D eigenvalue weighted by molar-refractivity contribution is 5.85. The number of carbonyl (C=O) groups excluding carboxylic acids is 1. The summed E-state index contributed by atoms with van der Waals surface area (Å²) in [5, 5.41) is 7.31. The van der Waals surface area contributed by atoms with E-state index in [1.165, 1.54) is 0 Å². The van der Waals surface area contributed by atoms with Gasteiger partial charge in [-0.15, -0.1) is 0 Å². The van der Waals surface area contributed by atoms with Gasteiger partial charge in [0, 0.05) is 12.6 Å². The van der Waals surface area contributed by atoms with E-state index in [0.717, 1.165) is 16.9 Å². The summed E-state index contributed by atoms with van der Waals surface area (Å²) in [6.45, 7) is 10.3. The molecule has 0 saturated carbocycles. The molecule has 0 saturated heterocycles. The van der Waals surface area contributed by atoms with Gasteiger partial charge in [-0.1, -0.05) is 0 Å². The Morgan fingerprint density at radius 3 is 2.60 bits per heavy atom. The molecule has 1 amide bonds. The van der Waals surface area contributed by atoms with Crippen molar-refractivity contribution in [3.63, 3.8) is 0 Å². The molecule has 0 spiro atoms. The molecule has 0 bridgehead atoms. The van der Waals surface area contributed by atoms with Gasteiger partial charge in [0.15, 0.2) is 5.65 Å². The Balaban J connectivity index is 2.53. The van der Waals surface area contributed by atoms with E-state index in [0.29, 0.717) is 12.5 Å². The van der Waals surface area contributed by atoms with E-state index in [2.05, 4.69) is 15.4 Å². The monoisotopic (exact) mass is 278 g/mol. The van der Waals surface area contributed by atoms with E-state index in [9.17, 15) is 4.79 Å². The summed E-state index contributed by atoms with van der Waals surface area (Å²) in [5.41, 5.74) is 8.37. The molecule has 20 heavy (non-hydrogen) atoms. The Hall–Kier alpha value is -2.05. The first-order valence-corrected chi connectivity index (χ1v) is 6.88. The standard InChI is InChI=1S/C13H22N6O/c1-6-18-12-10(8(4)17-18)16-13(14)19(12)9(5)11(20)15-7(2)3/h7,9H,6H2,1-5H3,(H2,14,16)(H,15,20). The number of nitrogens with two attached hydrogens (primary N) is 1. The molecule has 1 atom stereocenters. The zero-order valence-corrected chi connectivity index (χ0v) is 12.6. The van der Waals surface area contributed by atoms with Crippen molar-refractivity contribution in [2.45, 2.75) is 53.2 Å². The lowest BCUT2D eigenvalue weighted by Gasteiger charge is -2.18. The maximum atomic E-state index is 12.2. The Kier molecular flexibility index (Phi) is 3.69. The van der Waals surface area contributed by atoms with E-state index >= 15 is 0 Å². The topological polar surface area (TPSA) is 90.8 Å². The quantitative estimate of drug-likeness (QED) is 0.880. The Bertz CT molecular complexity index is 639. The van der Waals surface area contributed by atoms with Gasteiger partial charge in [0.1, 0.15) is 11.6 Å². The van der Waals surface area contributed by atoms with Crippen molar-refractivity contribution in [1.29, 1.82) is 0 Å². The van der Waals surface area contributed by atoms with Gasteiger partial charge in [-0.25, -0.2) is 9.67 Å². The number of anilines is 1. The number of aryl methyl sites for hydroxylation is 2. The molecule has 0 radical (unpaired) electrons. The fourth-order valence-electron chi connectivity index (χ4n) is 2.33. The molecule has 0 aliphatic heterocycles. The predicted molar refractivity (Wildman–Crippen MR) is 78.3 cm³/mol. The zero-order valence-electron chi connectivity index (χ0n) is 12.6. The number of amides is 1. The normalized spacial score (nSPS) is 13.1. The molecule has 0 aliphatic rings. The van der Waals surface area contributed by atoms with Gasteiger partial charge in [0.25, 0.3) is 0 Å². The van der Waals surface area contributed by atoms with Gasteiger partial charge in [-0.05, 0) is 34.6 Å². The van der Waals surface area contributed by atoms with Crippen molar-refractivity contribution in [3.05, 3.63) is 5.69 Å². The number of imidazole rings is 1. The first-order chi connectivity index (χ1) is 9.36. The third-order valence-electron chi connectivity index (χ3n) is 3.27. The van der Waals surface area contributed by atoms with Gasteiger partial charge < -0.3 is 11.1 Å². The second kappa shape index (κ2) is 5.15. The number of hydrogen-bond acceptors (Lipinski definition) is 4. The summed E-state index contributed by atoms with van der Waals surface area (Å²) in [6, 6.07) is -0.341. The van der Waals surface area contributed by atoms with Crippen LogP contribution in [0.1, 0.15) is 39.4 Å². The lowest BCUT2D eigenvalue weighted by Crippen LogP contribution is -2.36. The number of hydrogen-bond donors (Lipinski definition) is 2. The number of carbonyl (C=O) groups is 1. The zero-order chi connectivity index (χ0) is 15.0. The van der Waals surface area contributed by atoms with Gasteiger partial charge in [0.05, 0.1) is 5.69 Å². The molecule has 0 fully saturated rings. The van der Waals surface area contributed by atoms with E-state index < -0.39 is 6.04 Å². The molecule has 110 valence electrons. The highest BCUT2D eigenvalue weighted by Crippen LogP contribution is 2.25. The van der Waals surface area contributed by atoms with Crippen LogP contribution in [0.3, 0.4) is 0 Å². The van der Waals surface area contributed by atoms with Crippen LogP contribution in [-0.4, -0.2) is 31.3 Å². The number of rotatable bonds is 4. The summed E-state index contributed by atoms with van der Waals surface area (Å²) in [4.78, 5) is 16.6. The highest BCUT2D eigenvalue weighted by atomic mass is 16.2. The molecule has 2 heterocycles. The minimum atomic E-state index is -0.427. The van der Waals surface area contributed by atoms with Crippen molar-refractivity contribution in [3.8, 4) is 0 Å². The molecule has 3 N–H and O–H groups in total. The minimum Gasteiger partial charge on any atom is -0.369 e. The van der Waals surface area contributed by atoms with Crippen molar-refractivity contribution >= 4 is 23.0 Å². The van der Waals surface area contributed by atoms with Crippen LogP contribution >= 0.6 is 0 Å². The maximum absolute atomic E-state index is 12.2. The number of fused-ring (bicyclic) bond motifs is 1. The first-order valence-electron chi connectivity index (χ1n) is 6.88.